The van der Waals surface area contributed by atoms with Crippen molar-refractivity contribution in [3.8, 4) is 0 Å². The highest BCUT2D eigenvalue weighted by Crippen LogP contribution is 2.28. The van der Waals surface area contributed by atoms with E-state index in [2.05, 4.69) is 0 Å². The Labute approximate surface area is 116 Å². The Morgan fingerprint density at radius 2 is 1.90 bits per heavy atom. The van der Waals surface area contributed by atoms with Crippen LogP contribution in [0.4, 0.5) is 24.5 Å². The van der Waals surface area contributed by atoms with Crippen LogP contribution in [0.15, 0.2) is 18.2 Å². The van der Waals surface area contributed by atoms with Crippen molar-refractivity contribution in [3.63, 3.8) is 0 Å². The van der Waals surface area contributed by atoms with Crippen LogP contribution >= 0.6 is 0 Å². The Hall–Kier alpha value is -1.92. The molecule has 2 N–H and O–H groups in total. The molecule has 0 aromatic heterocycles. The molecule has 0 saturated heterocycles. The predicted octanol–water partition coefficient (Wildman–Crippen LogP) is 2.36. The maximum Gasteiger partial charge on any atom is 0.405 e. The molecule has 112 valence electrons. The van der Waals surface area contributed by atoms with Crippen molar-refractivity contribution in [1.29, 1.82) is 0 Å². The highest BCUT2D eigenvalue weighted by Gasteiger charge is 2.31. The summed E-state index contributed by atoms with van der Waals surface area (Å²) in [7, 11) is 3.15. The molecule has 0 heterocycles. The molecule has 1 rings (SSSR count). The third-order valence-corrected chi connectivity index (χ3v) is 2.78. The molecule has 7 heteroatoms. The van der Waals surface area contributed by atoms with Gasteiger partial charge in [-0.05, 0) is 25.1 Å². The minimum Gasteiger partial charge on any atom is -0.397 e. The lowest BCUT2D eigenvalue weighted by Crippen LogP contribution is -2.34. The number of benzene rings is 1. The molecule has 20 heavy (non-hydrogen) atoms. The van der Waals surface area contributed by atoms with Crippen LogP contribution in [0.3, 0.4) is 0 Å². The van der Waals surface area contributed by atoms with Gasteiger partial charge in [0.1, 0.15) is 6.54 Å². The lowest BCUT2D eigenvalue weighted by Gasteiger charge is -2.26. The van der Waals surface area contributed by atoms with Gasteiger partial charge in [0.25, 0.3) is 5.91 Å². The van der Waals surface area contributed by atoms with Crippen LogP contribution in [0.1, 0.15) is 17.3 Å². The van der Waals surface area contributed by atoms with Crippen LogP contribution in [0.2, 0.25) is 0 Å². The maximum atomic E-state index is 12.5. The van der Waals surface area contributed by atoms with E-state index in [-0.39, 0.29) is 23.8 Å². The number of alkyl halides is 3. The fourth-order valence-corrected chi connectivity index (χ4v) is 1.79. The van der Waals surface area contributed by atoms with Crippen LogP contribution in [0.5, 0.6) is 0 Å². The zero-order valence-electron chi connectivity index (χ0n) is 11.7. The van der Waals surface area contributed by atoms with Crippen LogP contribution in [-0.4, -0.2) is 44.2 Å². The SMILES string of the molecule is CCN(CC(F)(F)F)c1cc(C(=O)N(C)C)ccc1N. The summed E-state index contributed by atoms with van der Waals surface area (Å²) in [4.78, 5) is 14.3. The predicted molar refractivity (Wildman–Crippen MR) is 72.8 cm³/mol. The summed E-state index contributed by atoms with van der Waals surface area (Å²) in [5.41, 5.74) is 6.47. The Kier molecular flexibility index (Phi) is 4.86. The molecule has 0 aliphatic heterocycles. The summed E-state index contributed by atoms with van der Waals surface area (Å²) in [6.07, 6.45) is -4.33. The lowest BCUT2D eigenvalue weighted by molar-refractivity contribution is -0.119. The van der Waals surface area contributed by atoms with Gasteiger partial charge in [-0.3, -0.25) is 4.79 Å². The Balaban J connectivity index is 3.15. The summed E-state index contributed by atoms with van der Waals surface area (Å²) in [5, 5.41) is 0. The van der Waals surface area contributed by atoms with Crippen molar-refractivity contribution in [2.75, 3.05) is 37.8 Å². The zero-order valence-corrected chi connectivity index (χ0v) is 11.7. The van der Waals surface area contributed by atoms with Crippen LogP contribution in [0.25, 0.3) is 0 Å². The standard InChI is InChI=1S/C13H18F3N3O/c1-4-19(8-13(14,15)16)11-7-9(5-6-10(11)17)12(20)18(2)3/h5-7H,4,8,17H2,1-3H3. The molecule has 0 bridgehead atoms. The van der Waals surface area contributed by atoms with Crippen molar-refractivity contribution < 1.29 is 18.0 Å². The minimum atomic E-state index is -4.33. The second-order valence-corrected chi connectivity index (χ2v) is 4.60. The first-order valence-corrected chi connectivity index (χ1v) is 6.08. The molecule has 0 saturated carbocycles. The van der Waals surface area contributed by atoms with E-state index in [1.54, 1.807) is 21.0 Å². The Bertz CT molecular complexity index is 486. The molecule has 1 aromatic rings. The second-order valence-electron chi connectivity index (χ2n) is 4.60. The van der Waals surface area contributed by atoms with Gasteiger partial charge in [-0.15, -0.1) is 0 Å². The molecule has 0 radical (unpaired) electrons. The highest BCUT2D eigenvalue weighted by atomic mass is 19.4. The van der Waals surface area contributed by atoms with Gasteiger partial charge >= 0.3 is 6.18 Å². The maximum absolute atomic E-state index is 12.5. The number of nitrogens with zero attached hydrogens (tertiary/aromatic N) is 2. The summed E-state index contributed by atoms with van der Waals surface area (Å²) in [5.74, 6) is -0.283. The van der Waals surface area contributed by atoms with E-state index in [1.807, 2.05) is 0 Å². The average molecular weight is 289 g/mol. The van der Waals surface area contributed by atoms with E-state index >= 15 is 0 Å². The fourth-order valence-electron chi connectivity index (χ4n) is 1.79. The third kappa shape index (κ3) is 4.04. The summed E-state index contributed by atoms with van der Waals surface area (Å²) < 4.78 is 37.6. The van der Waals surface area contributed by atoms with Gasteiger partial charge in [-0.1, -0.05) is 0 Å². The van der Waals surface area contributed by atoms with Gasteiger partial charge in [0.05, 0.1) is 11.4 Å². The number of rotatable bonds is 4. The van der Waals surface area contributed by atoms with Crippen molar-refractivity contribution in [1.82, 2.24) is 4.90 Å². The van der Waals surface area contributed by atoms with E-state index in [9.17, 15) is 18.0 Å². The zero-order chi connectivity index (χ0) is 15.5. The second kappa shape index (κ2) is 6.02. The minimum absolute atomic E-state index is 0.142. The number of carbonyl (C=O) groups excluding carboxylic acids is 1. The number of amides is 1. The molecular formula is C13H18F3N3O. The summed E-state index contributed by atoms with van der Waals surface area (Å²) in [6.45, 7) is 0.641. The molecule has 1 aromatic carbocycles. The molecule has 0 unspecified atom stereocenters. The number of anilines is 2. The summed E-state index contributed by atoms with van der Waals surface area (Å²) >= 11 is 0. The van der Waals surface area contributed by atoms with Crippen LogP contribution < -0.4 is 10.6 Å². The lowest BCUT2D eigenvalue weighted by atomic mass is 10.1. The Morgan fingerprint density at radius 3 is 2.35 bits per heavy atom. The van der Waals surface area contributed by atoms with Crippen molar-refractivity contribution in [3.05, 3.63) is 23.8 Å². The molecule has 0 spiro atoms. The van der Waals surface area contributed by atoms with Crippen molar-refractivity contribution >= 4 is 17.3 Å². The van der Waals surface area contributed by atoms with Crippen molar-refractivity contribution in [2.24, 2.45) is 0 Å². The number of nitrogen functional groups attached to an aromatic ring is 1. The summed E-state index contributed by atoms with van der Waals surface area (Å²) in [6, 6.07) is 4.35. The number of nitrogens with two attached hydrogens (primary N) is 1. The smallest absolute Gasteiger partial charge is 0.397 e. The first kappa shape index (κ1) is 16.1. The molecular weight excluding hydrogens is 271 g/mol. The molecule has 0 aliphatic rings. The number of halogens is 3. The molecule has 0 aliphatic carbocycles. The van der Waals surface area contributed by atoms with Gasteiger partial charge in [0, 0.05) is 26.2 Å². The van der Waals surface area contributed by atoms with Gasteiger partial charge in [0.15, 0.2) is 0 Å². The molecule has 1 amide bonds. The van der Waals surface area contributed by atoms with Gasteiger partial charge in [0.2, 0.25) is 0 Å². The fraction of sp³-hybridized carbons (Fsp3) is 0.462. The number of hydrogen-bond donors (Lipinski definition) is 1. The molecule has 0 atom stereocenters. The quantitative estimate of drug-likeness (QED) is 0.866. The third-order valence-electron chi connectivity index (χ3n) is 2.78. The largest absolute Gasteiger partial charge is 0.405 e. The van der Waals surface area contributed by atoms with Gasteiger partial charge < -0.3 is 15.5 Å². The van der Waals surface area contributed by atoms with Gasteiger partial charge in [-0.2, -0.15) is 13.2 Å². The van der Waals surface area contributed by atoms with Crippen LogP contribution in [-0.2, 0) is 0 Å². The topological polar surface area (TPSA) is 49.6 Å². The van der Waals surface area contributed by atoms with E-state index in [4.69, 9.17) is 5.73 Å². The first-order valence-electron chi connectivity index (χ1n) is 6.08. The first-order chi connectivity index (χ1) is 9.15. The number of carbonyl (C=O) groups is 1. The molecule has 0 fully saturated rings. The van der Waals surface area contributed by atoms with E-state index in [0.29, 0.717) is 5.56 Å². The average Bonchev–Trinajstić information content (AvgIpc) is 2.34. The van der Waals surface area contributed by atoms with Crippen molar-refractivity contribution in [2.45, 2.75) is 13.1 Å². The van der Waals surface area contributed by atoms with Gasteiger partial charge in [-0.25, -0.2) is 0 Å². The monoisotopic (exact) mass is 289 g/mol. The normalized spacial score (nSPS) is 11.3. The Morgan fingerprint density at radius 1 is 1.30 bits per heavy atom. The van der Waals surface area contributed by atoms with E-state index in [1.165, 1.54) is 23.1 Å². The van der Waals surface area contributed by atoms with E-state index < -0.39 is 12.7 Å². The van der Waals surface area contributed by atoms with E-state index in [0.717, 1.165) is 4.90 Å². The molecule has 4 nitrogen and oxygen atoms in total. The highest BCUT2D eigenvalue weighted by molar-refractivity contribution is 5.96. The van der Waals surface area contributed by atoms with Crippen LogP contribution in [0, 0.1) is 0 Å². The number of hydrogen-bond acceptors (Lipinski definition) is 3.